The van der Waals surface area contributed by atoms with Gasteiger partial charge in [0.25, 0.3) is 0 Å². The van der Waals surface area contributed by atoms with Gasteiger partial charge in [0.2, 0.25) is 0 Å². The summed E-state index contributed by atoms with van der Waals surface area (Å²) in [5.41, 5.74) is 1.81. The van der Waals surface area contributed by atoms with Gasteiger partial charge in [-0.05, 0) is 25.8 Å². The van der Waals surface area contributed by atoms with Crippen LogP contribution >= 0.6 is 0 Å². The molecule has 3 aromatic rings. The zero-order chi connectivity index (χ0) is 27.7. The molecule has 0 bridgehead atoms. The number of ether oxygens (including phenoxy) is 1. The van der Waals surface area contributed by atoms with E-state index in [4.69, 9.17) is 14.4 Å². The average molecular weight is 531 g/mol. The molecule has 0 aliphatic rings. The molecule has 38 heavy (non-hydrogen) atoms. The molecule has 1 heterocycles. The highest BCUT2D eigenvalue weighted by molar-refractivity contribution is 5.84. The third-order valence-electron chi connectivity index (χ3n) is 5.74. The first kappa shape index (κ1) is 28.1. The predicted molar refractivity (Wildman–Crippen MR) is 133 cm³/mol. The Labute approximate surface area is 217 Å². The number of carbonyl (C=O) groups is 3. The number of carbonyl (C=O) groups excluding carboxylic acids is 2. The number of hydrogen-bond acceptors (Lipinski definition) is 6. The molecule has 202 valence electrons. The smallest absolute Gasteiger partial charge is 0.412 e. The van der Waals surface area contributed by atoms with Crippen molar-refractivity contribution in [3.63, 3.8) is 0 Å². The summed E-state index contributed by atoms with van der Waals surface area (Å²) in [5, 5.41) is 17.7. The van der Waals surface area contributed by atoms with Gasteiger partial charge in [0.05, 0.1) is 6.04 Å². The summed E-state index contributed by atoms with van der Waals surface area (Å²) in [6.07, 6.45) is -0.579. The van der Waals surface area contributed by atoms with E-state index in [1.165, 1.54) is 30.1 Å². The molecule has 10 nitrogen and oxygen atoms in total. The zero-order valence-corrected chi connectivity index (χ0v) is 20.9. The number of aliphatic carboxylic acids is 1. The van der Waals surface area contributed by atoms with Crippen LogP contribution in [0, 0.1) is 18.6 Å². The van der Waals surface area contributed by atoms with Gasteiger partial charge in [-0.2, -0.15) is 0 Å². The van der Waals surface area contributed by atoms with E-state index >= 15 is 0 Å². The maximum absolute atomic E-state index is 13.9. The fraction of sp³-hybridized carbons (Fsp3) is 0.308. The Morgan fingerprint density at radius 1 is 1.16 bits per heavy atom. The van der Waals surface area contributed by atoms with Gasteiger partial charge in [0.1, 0.15) is 6.61 Å². The number of nitrogens with zero attached hydrogens (tertiary/aromatic N) is 2. The number of nitrogens with one attached hydrogen (secondary N) is 2. The van der Waals surface area contributed by atoms with Crippen LogP contribution in [0.25, 0.3) is 11.3 Å². The largest absolute Gasteiger partial charge is 0.481 e. The van der Waals surface area contributed by atoms with Crippen molar-refractivity contribution in [2.45, 2.75) is 38.8 Å². The third-order valence-corrected chi connectivity index (χ3v) is 5.74. The normalized spacial score (nSPS) is 11.5. The Balaban J connectivity index is 1.57. The molecular formula is C26H28F2N4O6. The van der Waals surface area contributed by atoms with Crippen LogP contribution in [0.15, 0.2) is 53.1 Å². The van der Waals surface area contributed by atoms with Crippen LogP contribution in [0.3, 0.4) is 0 Å². The fourth-order valence-electron chi connectivity index (χ4n) is 3.52. The lowest BCUT2D eigenvalue weighted by Gasteiger charge is -2.28. The van der Waals surface area contributed by atoms with Crippen LogP contribution < -0.4 is 10.6 Å². The molecule has 0 spiro atoms. The molecule has 1 aromatic heterocycles. The molecule has 12 heteroatoms. The summed E-state index contributed by atoms with van der Waals surface area (Å²) in [6, 6.07) is 11.3. The lowest BCUT2D eigenvalue weighted by molar-refractivity contribution is -0.137. The SMILES string of the molecule is Cc1ccc(-c2cc(NC(=O)OC[C@H](CCCC(=O)O)N(C)C(=O)NCc3cccc(F)c3F)no2)cc1. The van der Waals surface area contributed by atoms with Gasteiger partial charge in [0, 0.05) is 37.2 Å². The average Bonchev–Trinajstić information content (AvgIpc) is 3.34. The highest BCUT2D eigenvalue weighted by atomic mass is 19.2. The van der Waals surface area contributed by atoms with Crippen molar-refractivity contribution >= 4 is 23.9 Å². The number of aryl methyl sites for hydroxylation is 1. The topological polar surface area (TPSA) is 134 Å². The molecule has 0 saturated heterocycles. The Morgan fingerprint density at radius 2 is 1.89 bits per heavy atom. The number of anilines is 1. The first-order chi connectivity index (χ1) is 18.1. The van der Waals surface area contributed by atoms with Crippen LogP contribution in [0.1, 0.15) is 30.4 Å². The summed E-state index contributed by atoms with van der Waals surface area (Å²) in [5.74, 6) is -2.54. The molecule has 3 rings (SSSR count). The molecule has 2 aromatic carbocycles. The van der Waals surface area contributed by atoms with Crippen molar-refractivity contribution in [1.82, 2.24) is 15.4 Å². The summed E-state index contributed by atoms with van der Waals surface area (Å²) in [7, 11) is 1.43. The molecular weight excluding hydrogens is 502 g/mol. The molecule has 0 fully saturated rings. The Bertz CT molecular complexity index is 1260. The Morgan fingerprint density at radius 3 is 2.61 bits per heavy atom. The van der Waals surface area contributed by atoms with E-state index in [-0.39, 0.29) is 43.8 Å². The fourth-order valence-corrected chi connectivity index (χ4v) is 3.52. The molecule has 0 aliphatic carbocycles. The molecule has 0 aliphatic heterocycles. The maximum atomic E-state index is 13.9. The van der Waals surface area contributed by atoms with E-state index in [0.29, 0.717) is 5.76 Å². The van der Waals surface area contributed by atoms with Crippen molar-refractivity contribution in [3.8, 4) is 11.3 Å². The number of amides is 3. The molecule has 3 amide bonds. The summed E-state index contributed by atoms with van der Waals surface area (Å²) < 4.78 is 37.8. The van der Waals surface area contributed by atoms with E-state index < -0.39 is 35.8 Å². The lowest BCUT2D eigenvalue weighted by Crippen LogP contribution is -2.46. The van der Waals surface area contributed by atoms with E-state index in [1.807, 2.05) is 31.2 Å². The summed E-state index contributed by atoms with van der Waals surface area (Å²) in [6.45, 7) is 1.42. The van der Waals surface area contributed by atoms with E-state index in [0.717, 1.165) is 17.2 Å². The van der Waals surface area contributed by atoms with Crippen molar-refractivity contribution in [2.75, 3.05) is 19.0 Å². The predicted octanol–water partition coefficient (Wildman–Crippen LogP) is 4.94. The molecule has 0 unspecified atom stereocenters. The van der Waals surface area contributed by atoms with Crippen LogP contribution in [-0.2, 0) is 16.1 Å². The number of rotatable bonds is 11. The van der Waals surface area contributed by atoms with Crippen LogP contribution in [0.2, 0.25) is 0 Å². The summed E-state index contributed by atoms with van der Waals surface area (Å²) in [4.78, 5) is 37.1. The van der Waals surface area contributed by atoms with Crippen molar-refractivity contribution in [1.29, 1.82) is 0 Å². The van der Waals surface area contributed by atoms with Gasteiger partial charge >= 0.3 is 18.1 Å². The molecule has 0 radical (unpaired) electrons. The molecule has 1 atom stereocenters. The molecule has 0 saturated carbocycles. The van der Waals surface area contributed by atoms with Crippen LogP contribution in [0.5, 0.6) is 0 Å². The number of likely N-dealkylation sites (N-methyl/N-ethyl adjacent to an activating group) is 1. The van der Waals surface area contributed by atoms with Gasteiger partial charge in [-0.1, -0.05) is 47.1 Å². The standard InChI is InChI=1S/C26H28F2N4O6/c1-16-9-11-17(12-10-16)21-13-22(31-38-21)30-26(36)37-15-19(6-4-8-23(33)34)32(2)25(35)29-14-18-5-3-7-20(27)24(18)28/h3,5,7,9-13,19H,4,6,8,14-15H2,1-2H3,(H,29,35)(H,33,34)(H,30,31,36)/t19-/m0/s1. The number of halogens is 2. The Kier molecular flexibility index (Phi) is 9.74. The van der Waals surface area contributed by atoms with Gasteiger partial charge in [-0.15, -0.1) is 0 Å². The quantitative estimate of drug-likeness (QED) is 0.320. The van der Waals surface area contributed by atoms with E-state index in [9.17, 15) is 23.2 Å². The minimum atomic E-state index is -1.06. The highest BCUT2D eigenvalue weighted by Gasteiger charge is 2.23. The van der Waals surface area contributed by atoms with Gasteiger partial charge in [-0.25, -0.2) is 18.4 Å². The third kappa shape index (κ3) is 8.02. The van der Waals surface area contributed by atoms with Gasteiger partial charge < -0.3 is 24.6 Å². The summed E-state index contributed by atoms with van der Waals surface area (Å²) >= 11 is 0. The maximum Gasteiger partial charge on any atom is 0.412 e. The lowest BCUT2D eigenvalue weighted by atomic mass is 10.1. The minimum Gasteiger partial charge on any atom is -0.481 e. The van der Waals surface area contributed by atoms with Gasteiger partial charge in [-0.3, -0.25) is 10.1 Å². The second-order valence-corrected chi connectivity index (χ2v) is 8.59. The van der Waals surface area contributed by atoms with Crippen LogP contribution in [0.4, 0.5) is 24.2 Å². The van der Waals surface area contributed by atoms with E-state index in [1.54, 1.807) is 0 Å². The first-order valence-corrected chi connectivity index (χ1v) is 11.8. The van der Waals surface area contributed by atoms with Crippen molar-refractivity contribution < 1.29 is 37.5 Å². The minimum absolute atomic E-state index is 0.0394. The number of carboxylic acid groups (broad SMARTS) is 1. The van der Waals surface area contributed by atoms with Gasteiger partial charge in [0.15, 0.2) is 23.2 Å². The second kappa shape index (κ2) is 13.2. The van der Waals surface area contributed by atoms with E-state index in [2.05, 4.69) is 15.8 Å². The Hall–Kier alpha value is -4.48. The first-order valence-electron chi connectivity index (χ1n) is 11.8. The number of urea groups is 1. The zero-order valence-electron chi connectivity index (χ0n) is 20.9. The number of carboxylic acids is 1. The number of aromatic nitrogens is 1. The van der Waals surface area contributed by atoms with Crippen molar-refractivity contribution in [2.24, 2.45) is 0 Å². The second-order valence-electron chi connectivity index (χ2n) is 8.59. The van der Waals surface area contributed by atoms with Crippen LogP contribution in [-0.4, -0.2) is 53.0 Å². The highest BCUT2D eigenvalue weighted by Crippen LogP contribution is 2.23. The number of benzene rings is 2. The molecule has 3 N–H and O–H groups in total. The monoisotopic (exact) mass is 530 g/mol. The van der Waals surface area contributed by atoms with Crippen molar-refractivity contribution in [3.05, 3.63) is 71.3 Å². The number of hydrogen-bond donors (Lipinski definition) is 3.